The average Bonchev–Trinajstić information content (AvgIpc) is 3.03. The number of carbonyl (C=O) groups is 2. The van der Waals surface area contributed by atoms with Gasteiger partial charge in [0.05, 0.1) is 25.6 Å². The van der Waals surface area contributed by atoms with Crippen molar-refractivity contribution in [2.24, 2.45) is 0 Å². The highest BCUT2D eigenvalue weighted by Gasteiger charge is 2.09. The van der Waals surface area contributed by atoms with Crippen LogP contribution in [0.4, 0.5) is 5.69 Å². The molecule has 24 heavy (non-hydrogen) atoms. The first-order valence-electron chi connectivity index (χ1n) is 6.98. The van der Waals surface area contributed by atoms with Crippen LogP contribution < -0.4 is 15.4 Å². The van der Waals surface area contributed by atoms with Crippen LogP contribution in [0, 0.1) is 0 Å². The van der Waals surface area contributed by atoms with Crippen molar-refractivity contribution in [2.45, 2.75) is 6.54 Å². The summed E-state index contributed by atoms with van der Waals surface area (Å²) in [7, 11) is -3.37. The number of anilines is 1. The Kier molecular flexibility index (Phi) is 5.59. The molecule has 3 N–H and O–H groups in total. The molecule has 2 rings (SSSR count). The first-order chi connectivity index (χ1) is 11.3. The predicted molar refractivity (Wildman–Crippen MR) is 87.8 cm³/mol. The lowest BCUT2D eigenvalue weighted by atomic mass is 10.2. The second kappa shape index (κ2) is 7.64. The van der Waals surface area contributed by atoms with E-state index in [1.54, 1.807) is 12.1 Å². The lowest BCUT2D eigenvalue weighted by Crippen LogP contribution is -2.36. The van der Waals surface area contributed by atoms with Crippen LogP contribution in [0.25, 0.3) is 0 Å². The van der Waals surface area contributed by atoms with Gasteiger partial charge in [0.15, 0.2) is 0 Å². The van der Waals surface area contributed by atoms with Crippen LogP contribution in [0.1, 0.15) is 16.1 Å². The van der Waals surface area contributed by atoms with Crippen LogP contribution >= 0.6 is 0 Å². The van der Waals surface area contributed by atoms with Gasteiger partial charge in [-0.2, -0.15) is 0 Å². The minimum absolute atomic E-state index is 0.178. The maximum atomic E-state index is 11.9. The molecule has 8 nitrogen and oxygen atoms in total. The maximum absolute atomic E-state index is 11.9. The molecule has 0 saturated heterocycles. The minimum atomic E-state index is -3.37. The first kappa shape index (κ1) is 17.5. The zero-order chi connectivity index (χ0) is 17.6. The van der Waals surface area contributed by atoms with Gasteiger partial charge in [0.1, 0.15) is 5.76 Å². The molecule has 0 fully saturated rings. The van der Waals surface area contributed by atoms with Crippen molar-refractivity contribution in [1.29, 1.82) is 0 Å². The first-order valence-corrected chi connectivity index (χ1v) is 8.88. The molecule has 9 heteroatoms. The van der Waals surface area contributed by atoms with Gasteiger partial charge in [-0.3, -0.25) is 14.3 Å². The van der Waals surface area contributed by atoms with E-state index in [4.69, 9.17) is 4.42 Å². The van der Waals surface area contributed by atoms with Crippen molar-refractivity contribution < 1.29 is 22.4 Å². The Morgan fingerprint density at radius 3 is 2.38 bits per heavy atom. The molecule has 0 aliphatic carbocycles. The van der Waals surface area contributed by atoms with Crippen LogP contribution in [-0.4, -0.2) is 33.0 Å². The molecule has 2 aromatic rings. The SMILES string of the molecule is CS(=O)(=O)Nc1ccc(C(=O)NCC(=O)NCc2ccco2)cc1. The standard InChI is InChI=1S/C15H17N3O5S/c1-24(21,22)18-12-6-4-11(5-7-12)15(20)17-10-14(19)16-9-13-3-2-8-23-13/h2-8,18H,9-10H2,1H3,(H,16,19)(H,17,20). The topological polar surface area (TPSA) is 118 Å². The van der Waals surface area contributed by atoms with E-state index in [0.29, 0.717) is 17.0 Å². The molecule has 0 bridgehead atoms. The van der Waals surface area contributed by atoms with Gasteiger partial charge < -0.3 is 15.1 Å². The van der Waals surface area contributed by atoms with Crippen LogP contribution in [0.5, 0.6) is 0 Å². The summed E-state index contributed by atoms with van der Waals surface area (Å²) in [6.45, 7) is 0.0659. The monoisotopic (exact) mass is 351 g/mol. The molecule has 0 unspecified atom stereocenters. The number of benzene rings is 1. The van der Waals surface area contributed by atoms with Gasteiger partial charge in [0.2, 0.25) is 15.9 Å². The predicted octanol–water partition coefficient (Wildman–Crippen LogP) is 0.697. The number of nitrogens with one attached hydrogen (secondary N) is 3. The number of amides is 2. The molecular weight excluding hydrogens is 334 g/mol. The third kappa shape index (κ3) is 5.76. The Labute approximate surface area is 139 Å². The normalized spacial score (nSPS) is 10.9. The fourth-order valence-corrected chi connectivity index (χ4v) is 2.39. The van der Waals surface area contributed by atoms with Crippen LogP contribution in [0.15, 0.2) is 47.1 Å². The Hall–Kier alpha value is -2.81. The zero-order valence-corrected chi connectivity index (χ0v) is 13.7. The number of rotatable bonds is 7. The molecule has 1 heterocycles. The smallest absolute Gasteiger partial charge is 0.251 e. The molecule has 0 atom stereocenters. The molecule has 1 aromatic carbocycles. The van der Waals surface area contributed by atoms with E-state index in [-0.39, 0.29) is 19.0 Å². The maximum Gasteiger partial charge on any atom is 0.251 e. The van der Waals surface area contributed by atoms with Gasteiger partial charge >= 0.3 is 0 Å². The van der Waals surface area contributed by atoms with Gasteiger partial charge in [0, 0.05) is 11.3 Å². The summed E-state index contributed by atoms with van der Waals surface area (Å²) >= 11 is 0. The number of hydrogen-bond donors (Lipinski definition) is 3. The second-order valence-corrected chi connectivity index (χ2v) is 6.74. The van der Waals surface area contributed by atoms with E-state index < -0.39 is 15.9 Å². The Morgan fingerprint density at radius 2 is 1.79 bits per heavy atom. The summed E-state index contributed by atoms with van der Waals surface area (Å²) in [5.74, 6) is -0.173. The van der Waals surface area contributed by atoms with Crippen molar-refractivity contribution in [3.8, 4) is 0 Å². The molecule has 0 saturated carbocycles. The highest BCUT2D eigenvalue weighted by atomic mass is 32.2. The van der Waals surface area contributed by atoms with E-state index in [1.165, 1.54) is 30.5 Å². The largest absolute Gasteiger partial charge is 0.467 e. The number of furan rings is 1. The summed E-state index contributed by atoms with van der Waals surface area (Å²) in [6, 6.07) is 9.30. The van der Waals surface area contributed by atoms with E-state index in [2.05, 4.69) is 15.4 Å². The van der Waals surface area contributed by atoms with Gasteiger partial charge in [-0.05, 0) is 36.4 Å². The van der Waals surface area contributed by atoms with Gasteiger partial charge in [-0.15, -0.1) is 0 Å². The number of carbonyl (C=O) groups excluding carboxylic acids is 2. The summed E-state index contributed by atoms with van der Waals surface area (Å²) < 4.78 is 29.6. The third-order valence-corrected chi connectivity index (χ3v) is 3.51. The van der Waals surface area contributed by atoms with Crippen LogP contribution in [-0.2, 0) is 21.4 Å². The van der Waals surface area contributed by atoms with E-state index in [1.807, 2.05) is 0 Å². The molecule has 0 aliphatic rings. The Morgan fingerprint density at radius 1 is 1.08 bits per heavy atom. The van der Waals surface area contributed by atoms with E-state index in [9.17, 15) is 18.0 Å². The lowest BCUT2D eigenvalue weighted by molar-refractivity contribution is -0.120. The fraction of sp³-hybridized carbons (Fsp3) is 0.200. The Balaban J connectivity index is 1.80. The van der Waals surface area contributed by atoms with Crippen molar-refractivity contribution in [3.05, 3.63) is 54.0 Å². The van der Waals surface area contributed by atoms with Crippen molar-refractivity contribution in [3.63, 3.8) is 0 Å². The van der Waals surface area contributed by atoms with Crippen molar-refractivity contribution in [1.82, 2.24) is 10.6 Å². The molecule has 2 amide bonds. The van der Waals surface area contributed by atoms with Crippen LogP contribution in [0.2, 0.25) is 0 Å². The molecule has 1 aromatic heterocycles. The number of sulfonamides is 1. The molecular formula is C15H17N3O5S. The lowest BCUT2D eigenvalue weighted by Gasteiger charge is -2.07. The summed E-state index contributed by atoms with van der Waals surface area (Å²) in [4.78, 5) is 23.6. The average molecular weight is 351 g/mol. The Bertz CT molecular complexity index is 798. The second-order valence-electron chi connectivity index (χ2n) is 4.99. The molecule has 0 aliphatic heterocycles. The number of hydrogen-bond acceptors (Lipinski definition) is 5. The highest BCUT2D eigenvalue weighted by molar-refractivity contribution is 7.92. The van der Waals surface area contributed by atoms with Gasteiger partial charge in [-0.1, -0.05) is 0 Å². The van der Waals surface area contributed by atoms with Crippen molar-refractivity contribution >= 4 is 27.5 Å². The minimum Gasteiger partial charge on any atom is -0.467 e. The van der Waals surface area contributed by atoms with Gasteiger partial charge in [0.25, 0.3) is 5.91 Å². The molecule has 0 spiro atoms. The summed E-state index contributed by atoms with van der Waals surface area (Å²) in [5.41, 5.74) is 0.665. The third-order valence-electron chi connectivity index (χ3n) is 2.90. The van der Waals surface area contributed by atoms with Gasteiger partial charge in [-0.25, -0.2) is 8.42 Å². The quantitative estimate of drug-likeness (QED) is 0.679. The molecule has 0 radical (unpaired) electrons. The molecule has 128 valence electrons. The van der Waals surface area contributed by atoms with Crippen molar-refractivity contribution in [2.75, 3.05) is 17.5 Å². The van der Waals surface area contributed by atoms with E-state index in [0.717, 1.165) is 6.26 Å². The fourth-order valence-electron chi connectivity index (χ4n) is 1.83. The highest BCUT2D eigenvalue weighted by Crippen LogP contribution is 2.10. The van der Waals surface area contributed by atoms with E-state index >= 15 is 0 Å². The zero-order valence-electron chi connectivity index (χ0n) is 12.9. The summed E-state index contributed by atoms with van der Waals surface area (Å²) in [5, 5.41) is 5.08. The van der Waals surface area contributed by atoms with Crippen LogP contribution in [0.3, 0.4) is 0 Å². The summed E-state index contributed by atoms with van der Waals surface area (Å²) in [6.07, 6.45) is 2.54.